The Hall–Kier alpha value is -2.64. The van der Waals surface area contributed by atoms with Gasteiger partial charge in [-0.25, -0.2) is 4.98 Å². The van der Waals surface area contributed by atoms with Crippen LogP contribution in [0.15, 0.2) is 64.5 Å². The Bertz CT molecular complexity index is 1090. The molecule has 1 N–H and O–H groups in total. The smallest absolute Gasteiger partial charge is 0.262 e. The molecule has 2 aromatic carbocycles. The summed E-state index contributed by atoms with van der Waals surface area (Å²) in [5, 5.41) is 3.77. The zero-order valence-corrected chi connectivity index (χ0v) is 18.4. The lowest BCUT2D eigenvalue weighted by atomic mass is 10.1. The van der Waals surface area contributed by atoms with Crippen molar-refractivity contribution in [2.24, 2.45) is 0 Å². The quantitative estimate of drug-likeness (QED) is 0.432. The molecular formula is C24H27N3O3S. The van der Waals surface area contributed by atoms with Crippen molar-refractivity contribution >= 4 is 28.6 Å². The number of amides is 1. The molecule has 2 unspecified atom stereocenters. The van der Waals surface area contributed by atoms with E-state index in [-0.39, 0.29) is 22.8 Å². The van der Waals surface area contributed by atoms with Crippen LogP contribution in [-0.2, 0) is 22.5 Å². The number of carbonyl (C=O) groups excluding carboxylic acids is 1. The maximum Gasteiger partial charge on any atom is 0.262 e. The number of ether oxygens (including phenoxy) is 1. The Labute approximate surface area is 186 Å². The number of benzene rings is 2. The normalized spacial score (nSPS) is 17.0. The fraction of sp³-hybridized carbons (Fsp3) is 0.375. The lowest BCUT2D eigenvalue weighted by molar-refractivity contribution is -0.120. The Morgan fingerprint density at radius 2 is 2.00 bits per heavy atom. The summed E-state index contributed by atoms with van der Waals surface area (Å²) in [5.74, 6) is -0.0630. The van der Waals surface area contributed by atoms with E-state index in [2.05, 4.69) is 5.32 Å². The fourth-order valence-corrected chi connectivity index (χ4v) is 4.66. The van der Waals surface area contributed by atoms with Crippen molar-refractivity contribution in [1.29, 1.82) is 0 Å². The third-order valence-corrected chi connectivity index (χ3v) is 6.53. The van der Waals surface area contributed by atoms with Crippen LogP contribution in [0.3, 0.4) is 0 Å². The molecule has 3 aromatic rings. The Balaban J connectivity index is 1.49. The Kier molecular flexibility index (Phi) is 7.04. The summed E-state index contributed by atoms with van der Waals surface area (Å²) in [7, 11) is 0. The summed E-state index contributed by atoms with van der Waals surface area (Å²) < 4.78 is 7.43. The van der Waals surface area contributed by atoms with E-state index in [1.807, 2.05) is 55.5 Å². The molecule has 7 heteroatoms. The van der Waals surface area contributed by atoms with Gasteiger partial charge in [0.1, 0.15) is 0 Å². The van der Waals surface area contributed by atoms with Crippen molar-refractivity contribution in [3.8, 4) is 0 Å². The maximum atomic E-state index is 13.2. The maximum absolute atomic E-state index is 13.2. The SMILES string of the molecule is CC(Sc1nc2ccccc2c(=O)n1CC1CCCO1)C(=O)NCCc1ccccc1. The first-order valence-electron chi connectivity index (χ1n) is 10.7. The van der Waals surface area contributed by atoms with E-state index < -0.39 is 0 Å². The van der Waals surface area contributed by atoms with Gasteiger partial charge in [0.15, 0.2) is 5.16 Å². The third-order valence-electron chi connectivity index (χ3n) is 5.44. The van der Waals surface area contributed by atoms with Crippen LogP contribution >= 0.6 is 11.8 Å². The van der Waals surface area contributed by atoms with Crippen LogP contribution in [-0.4, -0.2) is 40.0 Å². The molecule has 162 valence electrons. The fourth-order valence-electron chi connectivity index (χ4n) is 3.72. The van der Waals surface area contributed by atoms with Crippen LogP contribution in [0, 0.1) is 0 Å². The molecule has 6 nitrogen and oxygen atoms in total. The number of fused-ring (bicyclic) bond motifs is 1. The predicted octanol–water partition coefficient (Wildman–Crippen LogP) is 3.42. The van der Waals surface area contributed by atoms with Crippen LogP contribution < -0.4 is 10.9 Å². The van der Waals surface area contributed by atoms with Crippen LogP contribution in [0.1, 0.15) is 25.3 Å². The van der Waals surface area contributed by atoms with E-state index in [0.717, 1.165) is 25.9 Å². The minimum atomic E-state index is -0.375. The molecule has 2 atom stereocenters. The molecule has 4 rings (SSSR count). The summed E-state index contributed by atoms with van der Waals surface area (Å²) in [6.07, 6.45) is 2.72. The van der Waals surface area contributed by atoms with Crippen LogP contribution in [0.5, 0.6) is 0 Å². The molecule has 0 spiro atoms. The van der Waals surface area contributed by atoms with E-state index >= 15 is 0 Å². The number of hydrogen-bond acceptors (Lipinski definition) is 5. The van der Waals surface area contributed by atoms with Gasteiger partial charge in [0.25, 0.3) is 5.56 Å². The second-order valence-corrected chi connectivity index (χ2v) is 9.06. The highest BCUT2D eigenvalue weighted by molar-refractivity contribution is 8.00. The molecule has 0 saturated carbocycles. The van der Waals surface area contributed by atoms with E-state index in [1.54, 1.807) is 10.6 Å². The van der Waals surface area contributed by atoms with Crippen molar-refractivity contribution in [3.05, 3.63) is 70.5 Å². The number of rotatable bonds is 8. The Morgan fingerprint density at radius 1 is 1.23 bits per heavy atom. The standard InChI is InChI=1S/C24H27N3O3S/c1-17(22(28)25-14-13-18-8-3-2-4-9-18)31-24-26-21-12-6-5-11-20(21)23(29)27(24)16-19-10-7-15-30-19/h2-6,8-9,11-12,17,19H,7,10,13-16H2,1H3,(H,25,28). The first kappa shape index (κ1) is 21.6. The lowest BCUT2D eigenvalue weighted by Gasteiger charge is -2.18. The van der Waals surface area contributed by atoms with Gasteiger partial charge in [0.05, 0.1) is 28.8 Å². The predicted molar refractivity (Wildman–Crippen MR) is 123 cm³/mol. The zero-order chi connectivity index (χ0) is 21.6. The first-order chi connectivity index (χ1) is 15.1. The van der Waals surface area contributed by atoms with Gasteiger partial charge >= 0.3 is 0 Å². The number of nitrogens with zero attached hydrogens (tertiary/aromatic N) is 2. The number of thioether (sulfide) groups is 1. The van der Waals surface area contributed by atoms with Gasteiger partial charge in [-0.15, -0.1) is 0 Å². The van der Waals surface area contributed by atoms with Crippen molar-refractivity contribution in [1.82, 2.24) is 14.9 Å². The molecule has 1 aromatic heterocycles. The van der Waals surface area contributed by atoms with Gasteiger partial charge in [-0.2, -0.15) is 0 Å². The van der Waals surface area contributed by atoms with Gasteiger partial charge in [0.2, 0.25) is 5.91 Å². The van der Waals surface area contributed by atoms with E-state index in [9.17, 15) is 9.59 Å². The first-order valence-corrected chi connectivity index (χ1v) is 11.6. The molecule has 31 heavy (non-hydrogen) atoms. The summed E-state index contributed by atoms with van der Waals surface area (Å²) >= 11 is 1.32. The highest BCUT2D eigenvalue weighted by Crippen LogP contribution is 2.24. The van der Waals surface area contributed by atoms with Crippen LogP contribution in [0.2, 0.25) is 0 Å². The second-order valence-electron chi connectivity index (χ2n) is 7.75. The highest BCUT2D eigenvalue weighted by atomic mass is 32.2. The average molecular weight is 438 g/mol. The zero-order valence-electron chi connectivity index (χ0n) is 17.6. The second kappa shape index (κ2) is 10.1. The highest BCUT2D eigenvalue weighted by Gasteiger charge is 2.23. The molecule has 1 fully saturated rings. The van der Waals surface area contributed by atoms with Gasteiger partial charge in [-0.3, -0.25) is 14.2 Å². The van der Waals surface area contributed by atoms with Crippen molar-refractivity contribution in [3.63, 3.8) is 0 Å². The molecule has 0 bridgehead atoms. The van der Waals surface area contributed by atoms with Crippen LogP contribution in [0.4, 0.5) is 0 Å². The van der Waals surface area contributed by atoms with Crippen molar-refractivity contribution in [2.45, 2.75) is 49.2 Å². The summed E-state index contributed by atoms with van der Waals surface area (Å²) in [4.78, 5) is 30.6. The Morgan fingerprint density at radius 3 is 2.77 bits per heavy atom. The number of nitrogens with one attached hydrogen (secondary N) is 1. The molecule has 1 saturated heterocycles. The lowest BCUT2D eigenvalue weighted by Crippen LogP contribution is -2.34. The molecule has 0 aliphatic carbocycles. The van der Waals surface area contributed by atoms with Crippen molar-refractivity contribution in [2.75, 3.05) is 13.2 Å². The number of carbonyl (C=O) groups is 1. The molecule has 1 aliphatic heterocycles. The minimum Gasteiger partial charge on any atom is -0.376 e. The van der Waals surface area contributed by atoms with Crippen LogP contribution in [0.25, 0.3) is 10.9 Å². The summed E-state index contributed by atoms with van der Waals surface area (Å²) in [6.45, 7) is 3.60. The molecular weight excluding hydrogens is 410 g/mol. The van der Waals surface area contributed by atoms with E-state index in [1.165, 1.54) is 17.3 Å². The molecule has 2 heterocycles. The summed E-state index contributed by atoms with van der Waals surface area (Å²) in [6, 6.07) is 17.4. The van der Waals surface area contributed by atoms with Crippen molar-refractivity contribution < 1.29 is 9.53 Å². The topological polar surface area (TPSA) is 73.2 Å². The number of aromatic nitrogens is 2. The molecule has 1 aliphatic rings. The van der Waals surface area contributed by atoms with Gasteiger partial charge < -0.3 is 10.1 Å². The van der Waals surface area contributed by atoms with E-state index in [4.69, 9.17) is 9.72 Å². The van der Waals surface area contributed by atoms with Gasteiger partial charge in [-0.1, -0.05) is 54.2 Å². The number of hydrogen-bond donors (Lipinski definition) is 1. The van der Waals surface area contributed by atoms with Gasteiger partial charge in [-0.05, 0) is 43.9 Å². The van der Waals surface area contributed by atoms with Gasteiger partial charge in [0, 0.05) is 13.2 Å². The largest absolute Gasteiger partial charge is 0.376 e. The molecule has 0 radical (unpaired) electrons. The average Bonchev–Trinajstić information content (AvgIpc) is 3.30. The van der Waals surface area contributed by atoms with E-state index in [0.29, 0.717) is 29.1 Å². The third kappa shape index (κ3) is 5.35. The summed E-state index contributed by atoms with van der Waals surface area (Å²) in [5.41, 5.74) is 1.75. The monoisotopic (exact) mass is 437 g/mol. The number of para-hydroxylation sites is 1. The molecule has 1 amide bonds. The minimum absolute atomic E-state index is 0.00928.